The molecule has 3 aromatic rings. The van der Waals surface area contributed by atoms with Crippen LogP contribution in [0.3, 0.4) is 0 Å². The molecule has 1 aromatic heterocycles. The Morgan fingerprint density at radius 3 is 2.48 bits per heavy atom. The highest BCUT2D eigenvalue weighted by Crippen LogP contribution is 2.16. The Labute approximate surface area is 171 Å². The quantitative estimate of drug-likeness (QED) is 0.571. The second-order valence-electron chi connectivity index (χ2n) is 6.29. The fourth-order valence-electron chi connectivity index (χ4n) is 2.70. The number of hydrogen-bond acceptors (Lipinski definition) is 4. The van der Waals surface area contributed by atoms with E-state index in [1.54, 1.807) is 12.1 Å². The van der Waals surface area contributed by atoms with Crippen molar-refractivity contribution in [3.05, 3.63) is 83.6 Å². The number of nitrogens with one attached hydrogen (secondary N) is 1. The number of hydrogen-bond donors (Lipinski definition) is 1. The van der Waals surface area contributed by atoms with E-state index in [9.17, 15) is 13.4 Å². The van der Waals surface area contributed by atoms with Gasteiger partial charge in [0.15, 0.2) is 5.76 Å². The van der Waals surface area contributed by atoms with Crippen LogP contribution in [0.5, 0.6) is 5.75 Å². The number of carbonyl (C=O) groups excluding carboxylic acids is 1. The van der Waals surface area contributed by atoms with Crippen LogP contribution in [0.4, 0.5) is 4.39 Å². The van der Waals surface area contributed by atoms with Crippen LogP contribution in [0, 0.1) is 5.82 Å². The van der Waals surface area contributed by atoms with Crippen LogP contribution in [0.2, 0.25) is 0 Å². The molecular formula is C22H22FNO4S. The molecule has 1 N–H and O–H groups in total. The highest BCUT2D eigenvalue weighted by atomic mass is 32.2. The topological polar surface area (TPSA) is 68.5 Å². The molecule has 0 spiro atoms. The first-order valence-corrected chi connectivity index (χ1v) is 10.6. The van der Waals surface area contributed by atoms with Crippen LogP contribution in [0.15, 0.2) is 70.0 Å². The van der Waals surface area contributed by atoms with Crippen molar-refractivity contribution in [1.29, 1.82) is 0 Å². The molecule has 2 aromatic carbocycles. The van der Waals surface area contributed by atoms with E-state index in [1.165, 1.54) is 24.3 Å². The molecule has 0 aliphatic carbocycles. The van der Waals surface area contributed by atoms with Gasteiger partial charge in [-0.2, -0.15) is 0 Å². The lowest BCUT2D eigenvalue weighted by Crippen LogP contribution is -2.25. The van der Waals surface area contributed by atoms with Crippen molar-refractivity contribution < 1.29 is 22.5 Å². The minimum absolute atomic E-state index is 0.116. The smallest absolute Gasteiger partial charge is 0.287 e. The monoisotopic (exact) mass is 415 g/mol. The lowest BCUT2D eigenvalue weighted by molar-refractivity contribution is 0.0925. The van der Waals surface area contributed by atoms with Gasteiger partial charge in [0, 0.05) is 11.4 Å². The summed E-state index contributed by atoms with van der Waals surface area (Å²) < 4.78 is 36.2. The lowest BCUT2D eigenvalue weighted by atomic mass is 10.1. The zero-order valence-electron chi connectivity index (χ0n) is 16.0. The van der Waals surface area contributed by atoms with E-state index in [1.807, 2.05) is 31.2 Å². The van der Waals surface area contributed by atoms with Gasteiger partial charge in [-0.15, -0.1) is 0 Å². The van der Waals surface area contributed by atoms with Gasteiger partial charge in [0.25, 0.3) is 5.91 Å². The molecule has 0 saturated carbocycles. The molecule has 29 heavy (non-hydrogen) atoms. The van der Waals surface area contributed by atoms with Gasteiger partial charge in [-0.1, -0.05) is 12.1 Å². The first-order chi connectivity index (χ1) is 14.0. The molecule has 0 bridgehead atoms. The summed E-state index contributed by atoms with van der Waals surface area (Å²) in [7, 11) is -1.38. The molecule has 5 nitrogen and oxygen atoms in total. The average Bonchev–Trinajstić information content (AvgIpc) is 3.18. The molecule has 1 heterocycles. The van der Waals surface area contributed by atoms with E-state index >= 15 is 0 Å². The largest absolute Gasteiger partial charge is 0.494 e. The zero-order valence-corrected chi connectivity index (χ0v) is 16.8. The Balaban J connectivity index is 1.48. The number of rotatable bonds is 9. The van der Waals surface area contributed by atoms with Gasteiger partial charge in [-0.25, -0.2) is 4.39 Å². The third kappa shape index (κ3) is 6.02. The van der Waals surface area contributed by atoms with E-state index in [0.29, 0.717) is 30.2 Å². The third-order valence-corrected chi connectivity index (χ3v) is 5.51. The maximum absolute atomic E-state index is 13.0. The Morgan fingerprint density at radius 2 is 1.79 bits per heavy atom. The summed E-state index contributed by atoms with van der Waals surface area (Å²) in [6, 6.07) is 16.4. The summed E-state index contributed by atoms with van der Waals surface area (Å²) in [6.07, 6.45) is 0.681. The van der Waals surface area contributed by atoms with E-state index in [2.05, 4.69) is 5.32 Å². The predicted octanol–water partition coefficient (Wildman–Crippen LogP) is 4.10. The Morgan fingerprint density at radius 1 is 1.07 bits per heavy atom. The predicted molar refractivity (Wildman–Crippen MR) is 109 cm³/mol. The molecule has 7 heteroatoms. The highest BCUT2D eigenvalue weighted by Gasteiger charge is 2.13. The van der Waals surface area contributed by atoms with Gasteiger partial charge in [-0.3, -0.25) is 9.00 Å². The molecule has 0 aliphatic heterocycles. The molecule has 0 aliphatic rings. The summed E-state index contributed by atoms with van der Waals surface area (Å²) in [5.74, 6) is 0.835. The first-order valence-electron chi connectivity index (χ1n) is 9.27. The SMILES string of the molecule is CCOc1ccc(CCNC(=O)c2ccc(CS(=O)c3ccc(F)cc3)o2)cc1. The maximum Gasteiger partial charge on any atom is 0.287 e. The van der Waals surface area contributed by atoms with Gasteiger partial charge in [-0.05, 0) is 67.4 Å². The molecule has 0 fully saturated rings. The van der Waals surface area contributed by atoms with Crippen LogP contribution < -0.4 is 10.1 Å². The lowest BCUT2D eigenvalue weighted by Gasteiger charge is -2.06. The van der Waals surface area contributed by atoms with Crippen molar-refractivity contribution >= 4 is 16.7 Å². The number of carbonyl (C=O) groups is 1. The summed E-state index contributed by atoms with van der Waals surface area (Å²) in [5, 5.41) is 2.81. The third-order valence-electron chi connectivity index (χ3n) is 4.17. The second-order valence-corrected chi connectivity index (χ2v) is 7.74. The molecule has 3 rings (SSSR count). The van der Waals surface area contributed by atoms with Gasteiger partial charge in [0.1, 0.15) is 17.3 Å². The number of ether oxygens (including phenoxy) is 1. The molecule has 0 saturated heterocycles. The van der Waals surface area contributed by atoms with Crippen molar-refractivity contribution in [3.63, 3.8) is 0 Å². The fraction of sp³-hybridized carbons (Fsp3) is 0.227. The van der Waals surface area contributed by atoms with Gasteiger partial charge < -0.3 is 14.5 Å². The molecule has 0 radical (unpaired) electrons. The van der Waals surface area contributed by atoms with E-state index in [-0.39, 0.29) is 23.2 Å². The minimum atomic E-state index is -1.38. The van der Waals surface area contributed by atoms with E-state index < -0.39 is 10.8 Å². The molecule has 1 atom stereocenters. The van der Waals surface area contributed by atoms with Crippen LogP contribution in [0.25, 0.3) is 0 Å². The van der Waals surface area contributed by atoms with Crippen LogP contribution in [0.1, 0.15) is 28.8 Å². The minimum Gasteiger partial charge on any atom is -0.494 e. The van der Waals surface area contributed by atoms with Crippen molar-refractivity contribution in [2.24, 2.45) is 0 Å². The van der Waals surface area contributed by atoms with Crippen LogP contribution in [-0.4, -0.2) is 23.3 Å². The number of amides is 1. The Kier molecular flexibility index (Phi) is 7.19. The Hall–Kier alpha value is -2.93. The summed E-state index contributed by atoms with van der Waals surface area (Å²) >= 11 is 0. The number of furan rings is 1. The summed E-state index contributed by atoms with van der Waals surface area (Å²) in [6.45, 7) is 3.02. The molecular weight excluding hydrogens is 393 g/mol. The van der Waals surface area contributed by atoms with Crippen molar-refractivity contribution in [3.8, 4) is 5.75 Å². The van der Waals surface area contributed by atoms with Crippen LogP contribution in [-0.2, 0) is 23.0 Å². The van der Waals surface area contributed by atoms with Crippen molar-refractivity contribution in [2.75, 3.05) is 13.2 Å². The standard InChI is InChI=1S/C22H22FNO4S/c1-2-27-18-7-3-16(4-8-18)13-14-24-22(25)21-12-9-19(28-21)15-29(26)20-10-5-17(23)6-11-20/h3-12H,2,13-15H2,1H3,(H,24,25). The van der Waals surface area contributed by atoms with Gasteiger partial charge >= 0.3 is 0 Å². The maximum atomic E-state index is 13.0. The van der Waals surface area contributed by atoms with E-state index in [0.717, 1.165) is 11.3 Å². The highest BCUT2D eigenvalue weighted by molar-refractivity contribution is 7.84. The molecule has 152 valence electrons. The number of benzene rings is 2. The molecule has 1 unspecified atom stereocenters. The second kappa shape index (κ2) is 10.0. The summed E-state index contributed by atoms with van der Waals surface area (Å²) in [4.78, 5) is 12.7. The normalized spacial score (nSPS) is 11.8. The van der Waals surface area contributed by atoms with Gasteiger partial charge in [0.2, 0.25) is 0 Å². The first kappa shape index (κ1) is 20.8. The zero-order chi connectivity index (χ0) is 20.6. The summed E-state index contributed by atoms with van der Waals surface area (Å²) in [5.41, 5.74) is 1.09. The van der Waals surface area contributed by atoms with Gasteiger partial charge in [0.05, 0.1) is 23.2 Å². The van der Waals surface area contributed by atoms with Crippen LogP contribution >= 0.6 is 0 Å². The van der Waals surface area contributed by atoms with E-state index in [4.69, 9.17) is 9.15 Å². The Bertz CT molecular complexity index is 967. The van der Waals surface area contributed by atoms with Crippen molar-refractivity contribution in [2.45, 2.75) is 24.0 Å². The average molecular weight is 415 g/mol. The fourth-order valence-corrected chi connectivity index (χ4v) is 3.72. The number of halogens is 1. The molecule has 1 amide bonds. The van der Waals surface area contributed by atoms with Crippen molar-refractivity contribution in [1.82, 2.24) is 5.32 Å².